The van der Waals surface area contributed by atoms with Gasteiger partial charge >= 0.3 is 5.97 Å². The summed E-state index contributed by atoms with van der Waals surface area (Å²) in [4.78, 5) is 25.8. The maximum absolute atomic E-state index is 12.8. The monoisotopic (exact) mass is 381 g/mol. The summed E-state index contributed by atoms with van der Waals surface area (Å²) in [7, 11) is 0. The van der Waals surface area contributed by atoms with E-state index in [4.69, 9.17) is 16.3 Å². The number of ether oxygens (including phenoxy) is 1. The zero-order chi connectivity index (χ0) is 17.7. The summed E-state index contributed by atoms with van der Waals surface area (Å²) >= 11 is 8.37. The van der Waals surface area contributed by atoms with Crippen molar-refractivity contribution in [1.29, 1.82) is 0 Å². The number of halogens is 1. The molecule has 6 heteroatoms. The molecule has 136 valence electrons. The van der Waals surface area contributed by atoms with Gasteiger partial charge in [0.2, 0.25) is 0 Å². The van der Waals surface area contributed by atoms with E-state index in [1.165, 1.54) is 6.42 Å². The Bertz CT molecular complexity index is 660. The summed E-state index contributed by atoms with van der Waals surface area (Å²) < 4.78 is 5.45. The van der Waals surface area contributed by atoms with Crippen LogP contribution in [0.1, 0.15) is 56.4 Å². The summed E-state index contributed by atoms with van der Waals surface area (Å²) in [5, 5.41) is 4.87. The fourth-order valence-electron chi connectivity index (χ4n) is 5.57. The van der Waals surface area contributed by atoms with Crippen LogP contribution in [0.2, 0.25) is 0 Å². The normalized spacial score (nSPS) is 36.9. The molecule has 2 unspecified atom stereocenters. The largest absolute Gasteiger partial charge is 0.455 e. The van der Waals surface area contributed by atoms with Crippen molar-refractivity contribution >= 4 is 34.8 Å². The van der Waals surface area contributed by atoms with Crippen molar-refractivity contribution in [2.75, 3.05) is 6.61 Å². The van der Waals surface area contributed by atoms with Gasteiger partial charge in [-0.15, -0.1) is 22.9 Å². The van der Waals surface area contributed by atoms with Gasteiger partial charge in [-0.25, -0.2) is 0 Å². The molecule has 4 nitrogen and oxygen atoms in total. The molecule has 0 radical (unpaired) electrons. The van der Waals surface area contributed by atoms with E-state index in [0.717, 1.165) is 30.6 Å². The smallest absolute Gasteiger partial charge is 0.312 e. The molecule has 25 heavy (non-hydrogen) atoms. The molecule has 1 aromatic rings. The Morgan fingerprint density at radius 2 is 2.08 bits per heavy atom. The number of esters is 1. The van der Waals surface area contributed by atoms with E-state index < -0.39 is 5.41 Å². The van der Waals surface area contributed by atoms with Gasteiger partial charge in [-0.05, 0) is 68.7 Å². The molecule has 1 N–H and O–H groups in total. The fraction of sp³-hybridized carbons (Fsp3) is 0.684. The van der Waals surface area contributed by atoms with E-state index in [9.17, 15) is 9.59 Å². The number of thiophene rings is 1. The molecule has 5 atom stereocenters. The highest BCUT2D eigenvalue weighted by molar-refractivity contribution is 7.10. The zero-order valence-corrected chi connectivity index (χ0v) is 16.0. The Morgan fingerprint density at radius 3 is 2.68 bits per heavy atom. The highest BCUT2D eigenvalue weighted by Gasteiger charge is 2.60. The predicted molar refractivity (Wildman–Crippen MR) is 97.5 cm³/mol. The molecule has 4 saturated carbocycles. The molecule has 0 spiro atoms. The Balaban J connectivity index is 1.34. The molecule has 4 bridgehead atoms. The summed E-state index contributed by atoms with van der Waals surface area (Å²) in [5.41, 5.74) is -0.453. The van der Waals surface area contributed by atoms with Crippen molar-refractivity contribution in [3.05, 3.63) is 22.4 Å². The maximum Gasteiger partial charge on any atom is 0.312 e. The minimum Gasteiger partial charge on any atom is -0.455 e. The van der Waals surface area contributed by atoms with Crippen LogP contribution in [-0.4, -0.2) is 23.4 Å². The van der Waals surface area contributed by atoms with Gasteiger partial charge in [0, 0.05) is 9.75 Å². The average molecular weight is 382 g/mol. The Hall–Kier alpha value is -1.07. The van der Waals surface area contributed by atoms with Crippen LogP contribution < -0.4 is 5.32 Å². The first-order valence-corrected chi connectivity index (χ1v) is 10.3. The van der Waals surface area contributed by atoms with Crippen LogP contribution in [0.3, 0.4) is 0 Å². The minimum atomic E-state index is -0.453. The number of hydrogen-bond donors (Lipinski definition) is 1. The van der Waals surface area contributed by atoms with Crippen LogP contribution >= 0.6 is 22.9 Å². The molecule has 1 amide bonds. The fourth-order valence-corrected chi connectivity index (χ4v) is 6.99. The summed E-state index contributed by atoms with van der Waals surface area (Å²) in [5.74, 6) is 0.614. The van der Waals surface area contributed by atoms with E-state index in [-0.39, 0.29) is 29.4 Å². The number of amides is 1. The molecule has 1 aromatic heterocycles. The van der Waals surface area contributed by atoms with Gasteiger partial charge in [0.1, 0.15) is 0 Å². The Labute approximate surface area is 157 Å². The zero-order valence-electron chi connectivity index (χ0n) is 14.4. The van der Waals surface area contributed by atoms with Crippen LogP contribution in [-0.2, 0) is 14.3 Å². The van der Waals surface area contributed by atoms with Gasteiger partial charge in [-0.2, -0.15) is 0 Å². The lowest BCUT2D eigenvalue weighted by Crippen LogP contribution is -2.56. The molecular weight excluding hydrogens is 358 g/mol. The first kappa shape index (κ1) is 17.3. The number of alkyl halides is 1. The molecule has 0 aromatic carbocycles. The Kier molecular flexibility index (Phi) is 4.35. The molecular formula is C19H24ClNO3S. The van der Waals surface area contributed by atoms with Gasteiger partial charge in [-0.1, -0.05) is 6.07 Å². The third kappa shape index (κ3) is 3.33. The number of rotatable bonds is 5. The third-order valence-electron chi connectivity index (χ3n) is 6.10. The van der Waals surface area contributed by atoms with E-state index in [0.29, 0.717) is 18.3 Å². The molecule has 1 heterocycles. The van der Waals surface area contributed by atoms with Crippen molar-refractivity contribution < 1.29 is 14.3 Å². The maximum atomic E-state index is 12.8. The van der Waals surface area contributed by atoms with Crippen molar-refractivity contribution in [2.24, 2.45) is 17.3 Å². The lowest BCUT2D eigenvalue weighted by Gasteiger charge is -2.58. The van der Waals surface area contributed by atoms with Gasteiger partial charge in [0.05, 0.1) is 11.5 Å². The summed E-state index contributed by atoms with van der Waals surface area (Å²) in [6, 6.07) is 3.87. The predicted octanol–water partition coefficient (Wildman–Crippen LogP) is 4.05. The van der Waals surface area contributed by atoms with Crippen LogP contribution in [0.5, 0.6) is 0 Å². The topological polar surface area (TPSA) is 55.4 Å². The Morgan fingerprint density at radius 1 is 1.36 bits per heavy atom. The quantitative estimate of drug-likeness (QED) is 0.618. The van der Waals surface area contributed by atoms with E-state index in [1.807, 2.05) is 24.4 Å². The average Bonchev–Trinajstić information content (AvgIpc) is 3.04. The lowest BCUT2D eigenvalue weighted by molar-refractivity contribution is -0.171. The summed E-state index contributed by atoms with van der Waals surface area (Å²) in [6.07, 6.45) is 5.72. The number of hydrogen-bond acceptors (Lipinski definition) is 4. The van der Waals surface area contributed by atoms with Gasteiger partial charge in [-0.3, -0.25) is 9.59 Å². The van der Waals surface area contributed by atoms with Gasteiger partial charge in [0.15, 0.2) is 6.61 Å². The van der Waals surface area contributed by atoms with Gasteiger partial charge < -0.3 is 10.1 Å². The molecule has 0 saturated heterocycles. The van der Waals surface area contributed by atoms with Crippen molar-refractivity contribution in [1.82, 2.24) is 5.32 Å². The second kappa shape index (κ2) is 6.27. The van der Waals surface area contributed by atoms with Crippen LogP contribution in [0, 0.1) is 17.3 Å². The lowest BCUT2D eigenvalue weighted by atomic mass is 9.49. The molecule has 4 fully saturated rings. The molecule has 4 aliphatic rings. The van der Waals surface area contributed by atoms with Gasteiger partial charge in [0.25, 0.3) is 5.91 Å². The van der Waals surface area contributed by atoms with Crippen molar-refractivity contribution in [3.63, 3.8) is 0 Å². The van der Waals surface area contributed by atoms with Crippen LogP contribution in [0.25, 0.3) is 0 Å². The first-order valence-electron chi connectivity index (χ1n) is 9.06. The first-order chi connectivity index (χ1) is 11.9. The third-order valence-corrected chi connectivity index (χ3v) is 7.60. The standard InChI is InChI=1S/C19H24ClNO3S/c1-12(15-3-2-4-25-15)21-16(22)10-24-17(23)18-6-13-5-14(7-18)9-19(20,8-13)11-18/h2-4,12-14H,5-11H2,1H3,(H,21,22)/t12-,13-,14+,18?,19?/m1/s1. The number of nitrogens with one attached hydrogen (secondary N) is 1. The molecule has 5 rings (SSSR count). The van der Waals surface area contributed by atoms with Crippen LogP contribution in [0.4, 0.5) is 0 Å². The second-order valence-corrected chi connectivity index (χ2v) is 10.1. The highest BCUT2D eigenvalue weighted by atomic mass is 35.5. The second-order valence-electron chi connectivity index (χ2n) is 8.27. The SMILES string of the molecule is C[C@@H](NC(=O)COC(=O)C12C[C@@H]3C[C@@H](CC(Cl)(C3)C1)C2)c1cccs1. The molecule has 0 aliphatic heterocycles. The number of carbonyl (C=O) groups excluding carboxylic acids is 2. The van der Waals surface area contributed by atoms with E-state index >= 15 is 0 Å². The molecule has 4 aliphatic carbocycles. The van der Waals surface area contributed by atoms with E-state index in [1.54, 1.807) is 11.3 Å². The van der Waals surface area contributed by atoms with E-state index in [2.05, 4.69) is 5.32 Å². The van der Waals surface area contributed by atoms with Crippen molar-refractivity contribution in [2.45, 2.75) is 56.4 Å². The highest BCUT2D eigenvalue weighted by Crippen LogP contribution is 2.64. The van der Waals surface area contributed by atoms with Crippen molar-refractivity contribution in [3.8, 4) is 0 Å². The summed E-state index contributed by atoms with van der Waals surface area (Å²) in [6.45, 7) is 1.73. The van der Waals surface area contributed by atoms with Crippen LogP contribution in [0.15, 0.2) is 17.5 Å². The number of carbonyl (C=O) groups is 2. The minimum absolute atomic E-state index is 0.0723.